The van der Waals surface area contributed by atoms with Crippen LogP contribution < -0.4 is 16.0 Å². The first kappa shape index (κ1) is 20.2. The fourth-order valence-corrected chi connectivity index (χ4v) is 3.56. The predicted molar refractivity (Wildman–Crippen MR) is 105 cm³/mol. The fraction of sp³-hybridized carbons (Fsp3) is 0.421. The molecule has 0 aliphatic carbocycles. The molecule has 1 saturated heterocycles. The van der Waals surface area contributed by atoms with Crippen LogP contribution >= 0.6 is 0 Å². The van der Waals surface area contributed by atoms with Gasteiger partial charge in [0.05, 0.1) is 11.2 Å². The Balaban J connectivity index is 1.57. The molecule has 1 fully saturated rings. The summed E-state index contributed by atoms with van der Waals surface area (Å²) in [6.07, 6.45) is -0.312. The first-order valence-electron chi connectivity index (χ1n) is 9.69. The van der Waals surface area contributed by atoms with Gasteiger partial charge in [0.1, 0.15) is 11.5 Å². The lowest BCUT2D eigenvalue weighted by atomic mass is 10.1. The van der Waals surface area contributed by atoms with E-state index in [2.05, 4.69) is 26.1 Å². The van der Waals surface area contributed by atoms with Crippen molar-refractivity contribution in [1.29, 1.82) is 0 Å². The minimum atomic E-state index is -4.67. The summed E-state index contributed by atoms with van der Waals surface area (Å²) in [4.78, 5) is 12.7. The van der Waals surface area contributed by atoms with Gasteiger partial charge in [-0.3, -0.25) is 9.48 Å². The van der Waals surface area contributed by atoms with E-state index in [1.54, 1.807) is 6.07 Å². The quantitative estimate of drug-likeness (QED) is 0.603. The monoisotopic (exact) mass is 421 g/mol. The Bertz CT molecular complexity index is 1050. The van der Waals surface area contributed by atoms with Gasteiger partial charge >= 0.3 is 6.18 Å². The van der Waals surface area contributed by atoms with Crippen LogP contribution in [0.1, 0.15) is 35.4 Å². The molecule has 3 N–H and O–H groups in total. The number of aromatic nitrogens is 4. The lowest BCUT2D eigenvalue weighted by Crippen LogP contribution is -2.31. The molecule has 1 atom stereocenters. The Morgan fingerprint density at radius 3 is 2.80 bits per heavy atom. The zero-order valence-corrected chi connectivity index (χ0v) is 16.3. The number of hydrogen-bond acceptors (Lipinski definition) is 5. The van der Waals surface area contributed by atoms with Gasteiger partial charge in [-0.15, -0.1) is 5.10 Å². The molecule has 0 aromatic carbocycles. The van der Waals surface area contributed by atoms with Gasteiger partial charge in [0, 0.05) is 25.8 Å². The second-order valence-electron chi connectivity index (χ2n) is 7.33. The molecule has 3 aromatic rings. The van der Waals surface area contributed by atoms with E-state index in [0.717, 1.165) is 43.2 Å². The summed E-state index contributed by atoms with van der Waals surface area (Å²) in [7, 11) is 1.36. The maximum absolute atomic E-state index is 13.2. The molecule has 8 nitrogen and oxygen atoms in total. The molecule has 0 unspecified atom stereocenters. The van der Waals surface area contributed by atoms with E-state index in [1.807, 2.05) is 12.1 Å². The van der Waals surface area contributed by atoms with Gasteiger partial charge in [0.15, 0.2) is 5.69 Å². The summed E-state index contributed by atoms with van der Waals surface area (Å²) in [6.45, 7) is 1.81. The average Bonchev–Trinajstić information content (AvgIpc) is 3.17. The van der Waals surface area contributed by atoms with Gasteiger partial charge in [-0.2, -0.15) is 18.3 Å². The van der Waals surface area contributed by atoms with Crippen LogP contribution in [0.3, 0.4) is 0 Å². The summed E-state index contributed by atoms with van der Waals surface area (Å²) in [5.74, 6) is -0.104. The number of aryl methyl sites for hydroxylation is 1. The van der Waals surface area contributed by atoms with Gasteiger partial charge in [-0.1, -0.05) is 6.42 Å². The second kappa shape index (κ2) is 7.98. The second-order valence-corrected chi connectivity index (χ2v) is 7.33. The highest BCUT2D eigenvalue weighted by Crippen LogP contribution is 2.33. The smallest absolute Gasteiger partial charge is 0.365 e. The van der Waals surface area contributed by atoms with Crippen molar-refractivity contribution in [2.24, 2.45) is 7.05 Å². The number of halogens is 3. The minimum absolute atomic E-state index is 0.129. The van der Waals surface area contributed by atoms with E-state index in [0.29, 0.717) is 11.3 Å². The molecule has 11 heteroatoms. The maximum atomic E-state index is 13.2. The lowest BCUT2D eigenvalue weighted by Gasteiger charge is -2.17. The van der Waals surface area contributed by atoms with Crippen LogP contribution in [0.4, 0.5) is 24.7 Å². The van der Waals surface area contributed by atoms with Crippen molar-refractivity contribution in [1.82, 2.24) is 24.7 Å². The number of anilines is 2. The lowest BCUT2D eigenvalue weighted by molar-refractivity contribution is -0.140. The number of carbonyl (C=O) groups is 1. The van der Waals surface area contributed by atoms with Crippen molar-refractivity contribution in [2.45, 2.75) is 31.5 Å². The number of nitrogens with zero attached hydrogens (tertiary/aromatic N) is 4. The van der Waals surface area contributed by atoms with Crippen LogP contribution in [0.25, 0.3) is 5.52 Å². The Morgan fingerprint density at radius 2 is 2.00 bits per heavy atom. The van der Waals surface area contributed by atoms with E-state index in [9.17, 15) is 18.0 Å². The molecular weight excluding hydrogens is 399 g/mol. The Labute approximate surface area is 170 Å². The summed E-state index contributed by atoms with van der Waals surface area (Å²) in [6, 6.07) is 7.06. The molecule has 0 bridgehead atoms. The van der Waals surface area contributed by atoms with Crippen molar-refractivity contribution in [2.75, 3.05) is 23.7 Å². The van der Waals surface area contributed by atoms with Gasteiger partial charge in [0.2, 0.25) is 0 Å². The van der Waals surface area contributed by atoms with Crippen molar-refractivity contribution in [3.63, 3.8) is 0 Å². The molecule has 1 aliphatic rings. The molecule has 0 radical (unpaired) electrons. The normalized spacial score (nSPS) is 17.7. The highest BCUT2D eigenvalue weighted by molar-refractivity contribution is 6.04. The Hall–Kier alpha value is -3.08. The minimum Gasteiger partial charge on any atom is -0.365 e. The standard InChI is InChI=1S/C19H22F3N7O/c1-28-11-14(17(27-28)19(20,21)22)25-18(30)15-7-5-13-6-8-16(26-29(13)15)24-12-4-2-3-9-23-10-12/h5-8,11-12,23H,2-4,9-10H2,1H3,(H,24,26)(H,25,30)/t12-/m0/s1. The predicted octanol–water partition coefficient (Wildman–Crippen LogP) is 2.89. The molecule has 3 aromatic heterocycles. The third kappa shape index (κ3) is 4.25. The molecule has 30 heavy (non-hydrogen) atoms. The Kier molecular flexibility index (Phi) is 5.37. The molecule has 1 aliphatic heterocycles. The number of fused-ring (bicyclic) bond motifs is 1. The Morgan fingerprint density at radius 1 is 1.20 bits per heavy atom. The third-order valence-corrected chi connectivity index (χ3v) is 4.98. The van der Waals surface area contributed by atoms with E-state index < -0.39 is 23.5 Å². The largest absolute Gasteiger partial charge is 0.437 e. The first-order chi connectivity index (χ1) is 14.3. The molecule has 160 valence electrons. The van der Waals surface area contributed by atoms with Gasteiger partial charge in [-0.25, -0.2) is 4.52 Å². The number of nitrogens with one attached hydrogen (secondary N) is 3. The molecular formula is C19H22F3N7O. The van der Waals surface area contributed by atoms with Crippen molar-refractivity contribution in [3.8, 4) is 0 Å². The molecule has 1 amide bonds. The summed E-state index contributed by atoms with van der Waals surface area (Å²) >= 11 is 0. The van der Waals surface area contributed by atoms with E-state index in [1.165, 1.54) is 17.6 Å². The molecule has 4 rings (SSSR count). The highest BCUT2D eigenvalue weighted by atomic mass is 19.4. The first-order valence-corrected chi connectivity index (χ1v) is 9.69. The topological polar surface area (TPSA) is 88.3 Å². The van der Waals surface area contributed by atoms with E-state index >= 15 is 0 Å². The fourth-order valence-electron chi connectivity index (χ4n) is 3.56. The number of hydrogen-bond donors (Lipinski definition) is 3. The van der Waals surface area contributed by atoms with Gasteiger partial charge < -0.3 is 16.0 Å². The summed E-state index contributed by atoms with van der Waals surface area (Å²) < 4.78 is 41.9. The van der Waals surface area contributed by atoms with Crippen LogP contribution in [-0.4, -0.2) is 44.4 Å². The zero-order valence-electron chi connectivity index (χ0n) is 16.3. The van der Waals surface area contributed by atoms with Crippen LogP contribution in [0.15, 0.2) is 30.5 Å². The van der Waals surface area contributed by atoms with E-state index in [-0.39, 0.29) is 11.7 Å². The molecule has 0 saturated carbocycles. The summed E-state index contributed by atoms with van der Waals surface area (Å²) in [5, 5.41) is 16.9. The SMILES string of the molecule is Cn1cc(NC(=O)c2ccc3ccc(N[C@H]4CCCCNC4)nn23)c(C(F)(F)F)n1. The van der Waals surface area contributed by atoms with E-state index in [4.69, 9.17) is 0 Å². The number of rotatable bonds is 4. The number of carbonyl (C=O) groups excluding carboxylic acids is 1. The third-order valence-electron chi connectivity index (χ3n) is 4.98. The zero-order chi connectivity index (χ0) is 21.3. The average molecular weight is 421 g/mol. The van der Waals surface area contributed by atoms with Crippen molar-refractivity contribution < 1.29 is 18.0 Å². The van der Waals surface area contributed by atoms with Crippen LogP contribution in [0, 0.1) is 0 Å². The van der Waals surface area contributed by atoms with Crippen molar-refractivity contribution >= 4 is 22.9 Å². The van der Waals surface area contributed by atoms with Crippen molar-refractivity contribution in [3.05, 3.63) is 41.9 Å². The van der Waals surface area contributed by atoms with Gasteiger partial charge in [0.25, 0.3) is 5.91 Å². The summed E-state index contributed by atoms with van der Waals surface area (Å²) in [5.41, 5.74) is -0.754. The van der Waals surface area contributed by atoms with Crippen LogP contribution in [0.2, 0.25) is 0 Å². The van der Waals surface area contributed by atoms with Gasteiger partial charge in [-0.05, 0) is 43.7 Å². The number of alkyl halides is 3. The highest BCUT2D eigenvalue weighted by Gasteiger charge is 2.37. The molecule has 4 heterocycles. The van der Waals surface area contributed by atoms with Crippen LogP contribution in [-0.2, 0) is 13.2 Å². The number of amides is 1. The maximum Gasteiger partial charge on any atom is 0.437 e. The molecule has 0 spiro atoms. The van der Waals surface area contributed by atoms with Crippen LogP contribution in [0.5, 0.6) is 0 Å².